The van der Waals surface area contributed by atoms with Crippen molar-refractivity contribution < 1.29 is 8.42 Å². The molecule has 2 aromatic heterocycles. The number of nitrogens with one attached hydrogen (secondary N) is 2. The van der Waals surface area contributed by atoms with Crippen LogP contribution >= 0.6 is 0 Å². The summed E-state index contributed by atoms with van der Waals surface area (Å²) in [5.74, 6) is 1.15. The number of nitrogens with zero attached hydrogens (tertiary/aromatic N) is 3. The molecule has 4 rings (SSSR count). The molecule has 0 bridgehead atoms. The molecule has 0 aliphatic rings. The predicted octanol–water partition coefficient (Wildman–Crippen LogP) is 4.34. The van der Waals surface area contributed by atoms with Crippen LogP contribution in [0.2, 0.25) is 0 Å². The first-order valence-electron chi connectivity index (χ1n) is 11.7. The fraction of sp³-hybridized carbons (Fsp3) is 0.440. The van der Waals surface area contributed by atoms with Gasteiger partial charge in [0.15, 0.2) is 0 Å². The van der Waals surface area contributed by atoms with Crippen molar-refractivity contribution in [3.8, 4) is 0 Å². The number of fused-ring (bicyclic) bond motifs is 2. The smallest absolute Gasteiger partial charge is 0.329 e. The van der Waals surface area contributed by atoms with Crippen LogP contribution in [0.25, 0.3) is 22.1 Å². The van der Waals surface area contributed by atoms with Crippen LogP contribution in [0.3, 0.4) is 0 Å². The fourth-order valence-electron chi connectivity index (χ4n) is 4.46. The van der Waals surface area contributed by atoms with E-state index in [2.05, 4.69) is 23.6 Å². The van der Waals surface area contributed by atoms with Gasteiger partial charge in [-0.15, -0.1) is 0 Å². The molecule has 0 saturated heterocycles. The van der Waals surface area contributed by atoms with Gasteiger partial charge < -0.3 is 4.98 Å². The van der Waals surface area contributed by atoms with Crippen molar-refractivity contribution in [2.45, 2.75) is 59.2 Å². The fourth-order valence-corrected chi connectivity index (χ4v) is 5.23. The Bertz CT molecular complexity index is 1480. The van der Waals surface area contributed by atoms with Crippen molar-refractivity contribution in [3.05, 3.63) is 64.3 Å². The van der Waals surface area contributed by atoms with Gasteiger partial charge in [0.2, 0.25) is 10.0 Å². The maximum atomic E-state index is 13.2. The predicted molar refractivity (Wildman–Crippen MR) is 137 cm³/mol. The van der Waals surface area contributed by atoms with Gasteiger partial charge in [-0.2, -0.15) is 0 Å². The molecule has 1 unspecified atom stereocenters. The zero-order valence-corrected chi connectivity index (χ0v) is 21.2. The van der Waals surface area contributed by atoms with Crippen molar-refractivity contribution in [1.82, 2.24) is 23.8 Å². The minimum atomic E-state index is -3.35. The molecule has 9 heteroatoms. The second-order valence-corrected chi connectivity index (χ2v) is 11.5. The number of hydrogen-bond donors (Lipinski definition) is 2. The van der Waals surface area contributed by atoms with Gasteiger partial charge >= 0.3 is 5.69 Å². The van der Waals surface area contributed by atoms with E-state index in [-0.39, 0.29) is 17.8 Å². The third-order valence-corrected chi connectivity index (χ3v) is 6.75. The highest BCUT2D eigenvalue weighted by Gasteiger charge is 2.19. The Labute approximate surface area is 200 Å². The van der Waals surface area contributed by atoms with Crippen LogP contribution in [-0.2, 0) is 16.6 Å². The number of hydrogen-bond acceptors (Lipinski definition) is 4. The van der Waals surface area contributed by atoms with Crippen LogP contribution in [0.4, 0.5) is 0 Å². The monoisotopic (exact) mass is 483 g/mol. The first-order chi connectivity index (χ1) is 16.0. The first kappa shape index (κ1) is 24.2. The molecule has 1 atom stereocenters. The summed E-state index contributed by atoms with van der Waals surface area (Å²) in [4.78, 5) is 21.2. The Morgan fingerprint density at radius 1 is 1.03 bits per heavy atom. The molecule has 0 saturated carbocycles. The Balaban J connectivity index is 1.69. The van der Waals surface area contributed by atoms with Gasteiger partial charge in [0.25, 0.3) is 0 Å². The van der Waals surface area contributed by atoms with Crippen LogP contribution < -0.4 is 10.4 Å². The van der Waals surface area contributed by atoms with E-state index in [0.29, 0.717) is 24.7 Å². The van der Waals surface area contributed by atoms with Crippen molar-refractivity contribution in [2.75, 3.05) is 6.26 Å². The summed E-state index contributed by atoms with van der Waals surface area (Å²) < 4.78 is 30.2. The Hall–Kier alpha value is -2.91. The third-order valence-electron chi connectivity index (χ3n) is 6.04. The van der Waals surface area contributed by atoms with Crippen molar-refractivity contribution in [1.29, 1.82) is 0 Å². The number of para-hydroxylation sites is 2. The van der Waals surface area contributed by atoms with Gasteiger partial charge in [0, 0.05) is 12.1 Å². The molecule has 0 fully saturated rings. The van der Waals surface area contributed by atoms with Crippen LogP contribution in [0.5, 0.6) is 0 Å². The molecule has 2 N–H and O–H groups in total. The van der Waals surface area contributed by atoms with Gasteiger partial charge in [0.1, 0.15) is 5.82 Å². The summed E-state index contributed by atoms with van der Waals surface area (Å²) in [6.45, 7) is 8.57. The molecule has 8 nitrogen and oxygen atoms in total. The number of rotatable bonds is 9. The van der Waals surface area contributed by atoms with E-state index in [9.17, 15) is 13.2 Å². The highest BCUT2D eigenvalue weighted by molar-refractivity contribution is 7.88. The van der Waals surface area contributed by atoms with Gasteiger partial charge in [0.05, 0.1) is 34.9 Å². The van der Waals surface area contributed by atoms with E-state index >= 15 is 0 Å². The lowest BCUT2D eigenvalue weighted by molar-refractivity contribution is 0.478. The third kappa shape index (κ3) is 5.10. The molecule has 0 aliphatic carbocycles. The Kier molecular flexibility index (Phi) is 6.69. The summed E-state index contributed by atoms with van der Waals surface area (Å²) >= 11 is 0. The first-order valence-corrected chi connectivity index (χ1v) is 13.6. The van der Waals surface area contributed by atoms with E-state index in [1.54, 1.807) is 9.13 Å². The van der Waals surface area contributed by atoms with Crippen LogP contribution in [0.15, 0.2) is 47.3 Å². The lowest BCUT2D eigenvalue weighted by atomic mass is 9.98. The summed E-state index contributed by atoms with van der Waals surface area (Å²) in [6, 6.07) is 13.3. The standard InChI is InChI=1S/C25H33N5O3S/c1-16(2)10-12-19(28-34(5,32)33)18-11-13-20-21(14-18)27-24(26-20)15-29-22-8-6-7-9-23(22)30(17(3)4)25(29)31/h6-9,11,13-14,16-17,19,28H,10,12,15H2,1-5H3,(H,26,27). The van der Waals surface area contributed by atoms with Gasteiger partial charge in [-0.05, 0) is 62.4 Å². The molecule has 0 spiro atoms. The van der Waals surface area contributed by atoms with E-state index < -0.39 is 10.0 Å². The summed E-state index contributed by atoms with van der Waals surface area (Å²) in [6.07, 6.45) is 2.80. The lowest BCUT2D eigenvalue weighted by Crippen LogP contribution is -2.27. The maximum absolute atomic E-state index is 13.2. The number of aromatic nitrogens is 4. The summed E-state index contributed by atoms with van der Waals surface area (Å²) in [5.41, 5.74) is 4.19. The largest absolute Gasteiger partial charge is 0.340 e. The molecule has 2 aromatic carbocycles. The molecule has 4 aromatic rings. The number of sulfonamides is 1. The second kappa shape index (κ2) is 9.38. The molecule has 182 valence electrons. The molecule has 0 aliphatic heterocycles. The van der Waals surface area contributed by atoms with Crippen LogP contribution in [0.1, 0.15) is 64.0 Å². The molecular weight excluding hydrogens is 450 g/mol. The number of aromatic amines is 1. The molecular formula is C25H33N5O3S. The second-order valence-electron chi connectivity index (χ2n) is 9.70. The van der Waals surface area contributed by atoms with E-state index in [0.717, 1.165) is 34.1 Å². The van der Waals surface area contributed by atoms with Crippen LogP contribution in [-0.4, -0.2) is 33.8 Å². The summed E-state index contributed by atoms with van der Waals surface area (Å²) in [5, 5.41) is 0. The highest BCUT2D eigenvalue weighted by Crippen LogP contribution is 2.25. The maximum Gasteiger partial charge on any atom is 0.329 e. The highest BCUT2D eigenvalue weighted by atomic mass is 32.2. The van der Waals surface area contributed by atoms with E-state index in [1.807, 2.05) is 56.3 Å². The van der Waals surface area contributed by atoms with Gasteiger partial charge in [-0.25, -0.2) is 22.9 Å². The topological polar surface area (TPSA) is 102 Å². The Morgan fingerprint density at radius 2 is 1.74 bits per heavy atom. The zero-order valence-electron chi connectivity index (χ0n) is 20.4. The zero-order chi connectivity index (χ0) is 24.6. The van der Waals surface area contributed by atoms with Gasteiger partial charge in [-0.1, -0.05) is 32.0 Å². The van der Waals surface area contributed by atoms with Crippen molar-refractivity contribution in [2.24, 2.45) is 5.92 Å². The van der Waals surface area contributed by atoms with E-state index in [1.165, 1.54) is 6.26 Å². The number of benzene rings is 2. The normalized spacial score (nSPS) is 13.5. The molecule has 0 radical (unpaired) electrons. The van der Waals surface area contributed by atoms with Gasteiger partial charge in [-0.3, -0.25) is 9.13 Å². The van der Waals surface area contributed by atoms with Crippen LogP contribution in [0, 0.1) is 5.92 Å². The quantitative estimate of drug-likeness (QED) is 0.370. The summed E-state index contributed by atoms with van der Waals surface area (Å²) in [7, 11) is -3.35. The average molecular weight is 484 g/mol. The lowest BCUT2D eigenvalue weighted by Gasteiger charge is -2.19. The average Bonchev–Trinajstić information content (AvgIpc) is 3.28. The molecule has 2 heterocycles. The number of imidazole rings is 2. The molecule has 0 amide bonds. The Morgan fingerprint density at radius 3 is 2.38 bits per heavy atom. The number of H-pyrrole nitrogens is 1. The van der Waals surface area contributed by atoms with Crippen molar-refractivity contribution >= 4 is 32.1 Å². The molecule has 34 heavy (non-hydrogen) atoms. The van der Waals surface area contributed by atoms with E-state index in [4.69, 9.17) is 4.98 Å². The minimum Gasteiger partial charge on any atom is -0.340 e. The minimum absolute atomic E-state index is 0.0435. The van der Waals surface area contributed by atoms with Crippen molar-refractivity contribution in [3.63, 3.8) is 0 Å². The SMILES string of the molecule is CC(C)CCC(NS(C)(=O)=O)c1ccc2nc(Cn3c(=O)n(C(C)C)c4ccccc43)[nH]c2c1.